The molecule has 0 aliphatic carbocycles. The Hall–Kier alpha value is -9.40. The molecule has 8 atom stereocenters. The molecule has 0 radical (unpaired) electrons. The second kappa shape index (κ2) is 37.6. The van der Waals surface area contributed by atoms with Crippen LogP contribution < -0.4 is 64.6 Å². The Labute approximate surface area is 567 Å². The van der Waals surface area contributed by atoms with Crippen molar-refractivity contribution in [2.75, 3.05) is 48.3 Å². The number of carbonyl (C=O) groups excluding carboxylic acids is 10. The van der Waals surface area contributed by atoms with E-state index in [0.717, 1.165) is 30.2 Å². The Morgan fingerprint density at radius 2 is 1.30 bits per heavy atom. The molecule has 0 saturated heterocycles. The van der Waals surface area contributed by atoms with Crippen molar-refractivity contribution in [3.05, 3.63) is 123 Å². The first kappa shape index (κ1) is 77.3. The highest BCUT2D eigenvalue weighted by atomic mass is 35.5. The number of alkyl halides is 2. The molecule has 520 valence electrons. The van der Waals surface area contributed by atoms with Crippen LogP contribution in [-0.4, -0.2) is 175 Å². The molecule has 31 nitrogen and oxygen atoms in total. The lowest BCUT2D eigenvalue weighted by molar-refractivity contribution is -0.394. The minimum atomic E-state index is -1.58. The number of non-ortho nitro benzene ring substituents is 1. The first-order valence-corrected chi connectivity index (χ1v) is 33.2. The zero-order chi connectivity index (χ0) is 70.9. The summed E-state index contributed by atoms with van der Waals surface area (Å²) in [6.45, 7) is 8.34. The number of hydrogen-bond acceptors (Lipinski definition) is 18. The number of halogens is 2. The van der Waals surface area contributed by atoms with Gasteiger partial charge >= 0.3 is 0 Å². The van der Waals surface area contributed by atoms with Gasteiger partial charge in [-0.05, 0) is 91.8 Å². The number of aromatic nitrogens is 3. The fraction of sp³-hybridized carbons (Fsp3) is 0.468. The number of thioether (sulfide) groups is 1. The van der Waals surface area contributed by atoms with Gasteiger partial charge in [0.1, 0.15) is 48.0 Å². The van der Waals surface area contributed by atoms with Crippen LogP contribution in [0.3, 0.4) is 0 Å². The molecule has 5 rings (SSSR count). The fourth-order valence-corrected chi connectivity index (χ4v) is 11.0. The molecule has 0 unspecified atom stereocenters. The van der Waals surface area contributed by atoms with Gasteiger partial charge in [-0.3, -0.25) is 72.7 Å². The monoisotopic (exact) mass is 1390 g/mol. The van der Waals surface area contributed by atoms with Gasteiger partial charge in [0.25, 0.3) is 11.4 Å². The van der Waals surface area contributed by atoms with Crippen molar-refractivity contribution in [2.24, 2.45) is 29.0 Å². The lowest BCUT2D eigenvalue weighted by Gasteiger charge is -2.27. The van der Waals surface area contributed by atoms with Crippen LogP contribution in [0.5, 0.6) is 0 Å². The van der Waals surface area contributed by atoms with E-state index < -0.39 is 148 Å². The summed E-state index contributed by atoms with van der Waals surface area (Å²) in [5.74, 6) is -8.15. The second-order valence-electron chi connectivity index (χ2n) is 23.4. The third-order valence-electron chi connectivity index (χ3n) is 15.2. The largest absolute Gasteiger partial charge is 0.370 e. The number of H-pyrrole nitrogens is 1. The Morgan fingerprint density at radius 1 is 0.688 bits per heavy atom. The minimum absolute atomic E-state index is 0.0509. The maximum atomic E-state index is 14.4. The molecule has 0 fully saturated rings. The Bertz CT molecular complexity index is 3570. The Morgan fingerprint density at radius 3 is 1.92 bits per heavy atom. The van der Waals surface area contributed by atoms with Gasteiger partial charge in [0.15, 0.2) is 0 Å². The quantitative estimate of drug-likeness (QED) is 0.0150. The highest BCUT2D eigenvalue weighted by Gasteiger charge is 2.35. The maximum absolute atomic E-state index is 14.4. The zero-order valence-corrected chi connectivity index (χ0v) is 56.2. The van der Waals surface area contributed by atoms with Gasteiger partial charge in [-0.25, -0.2) is 4.98 Å². The molecule has 0 bridgehead atoms. The average Bonchev–Trinajstić information content (AvgIpc) is 1.58. The topological polar surface area (TPSA) is 468 Å². The molecule has 0 saturated carbocycles. The second-order valence-corrected chi connectivity index (χ2v) is 25.2. The first-order chi connectivity index (χ1) is 45.5. The number of carbonyl (C=O) groups is 10. The number of fused-ring (bicyclic) bond motifs is 1. The smallest absolute Gasteiger partial charge is 0.300 e. The molecule has 0 aliphatic heterocycles. The maximum Gasteiger partial charge on any atom is 0.300 e. The number of aromatic amines is 1. The summed E-state index contributed by atoms with van der Waals surface area (Å²) in [4.78, 5) is 168. The molecular weight excluding hydrogens is 1310 g/mol. The lowest BCUT2D eigenvalue weighted by atomic mass is 10.0. The van der Waals surface area contributed by atoms with E-state index in [2.05, 4.69) is 52.5 Å². The zero-order valence-electron chi connectivity index (χ0n) is 53.9. The fourth-order valence-electron chi connectivity index (χ4n) is 10.1. The standard InChI is InChI=1S/C62H83Cl2N17O14S/c1-34(2)25-47(60(89)73-45(55(67)84)19-24-96-6)75-61(90)49(28-39-32-79(33-70-39)50-17-15-41(80(92)93)29-51(50)81(94)95)72-53(83)31-69-62(91)54(35(3)4)77-56(85)36(5)71-59(88)48(27-38-30-68-44-10-8-7-9-42(38)44)76-58(87)46(16-18-52(66)82)74-57(86)43(65)26-37-11-13-40(14-12-37)78(22-20-63)23-21-64/h7-15,17,29-30,32-36,43,45-49,54,68H,16,18-28,31,65H2,1-6H3,(H2,66,82)(H2,67,84)(H,69,91)(H,71,88)(H,72,83)(H,73,89)(H,74,86)(H,75,90)(H,76,87)(H,77,85)/t36-,43-,45-,46-,47-,48-,49-,54-/m0/s1. The molecule has 2 aromatic heterocycles. The number of anilines is 1. The summed E-state index contributed by atoms with van der Waals surface area (Å²) < 4.78 is 1.18. The van der Waals surface area contributed by atoms with Crippen molar-refractivity contribution in [1.82, 2.24) is 57.1 Å². The number of hydrogen-bond donors (Lipinski definition) is 12. The Balaban J connectivity index is 1.32. The number of primary amides is 2. The number of rotatable bonds is 40. The van der Waals surface area contributed by atoms with Crippen LogP contribution in [0.1, 0.15) is 77.1 Å². The predicted octanol–water partition coefficient (Wildman–Crippen LogP) is 1.54. The summed E-state index contributed by atoms with van der Waals surface area (Å²) in [6, 6.07) is 6.60. The van der Waals surface area contributed by atoms with E-state index in [-0.39, 0.29) is 55.8 Å². The SMILES string of the molecule is CSCC[C@H](NC(=O)[C@H](CC(C)C)NC(=O)[C@H](Cc1cn(-c2ccc([N+](=O)[O-])cc2[N+](=O)[O-])cn1)NC(=O)CNC(=O)[C@@H](NC(=O)[C@H](C)NC(=O)[C@H](Cc1c[nH]c2ccccc12)NC(=O)[C@H](CCC(N)=O)NC(=O)[C@@H](N)Cc1ccc(N(CCCl)CCCl)cc1)C(C)C)C(N)=O. The highest BCUT2D eigenvalue weighted by molar-refractivity contribution is 7.98. The summed E-state index contributed by atoms with van der Waals surface area (Å²) >= 11 is 13.4. The van der Waals surface area contributed by atoms with Crippen LogP contribution in [0, 0.1) is 32.1 Å². The van der Waals surface area contributed by atoms with E-state index in [1.165, 1.54) is 29.4 Å². The van der Waals surface area contributed by atoms with Crippen LogP contribution >= 0.6 is 35.0 Å². The highest BCUT2D eigenvalue weighted by Crippen LogP contribution is 2.28. The van der Waals surface area contributed by atoms with Gasteiger partial charge in [0.2, 0.25) is 59.1 Å². The molecule has 0 aliphatic rings. The number of para-hydroxylation sites is 1. The molecule has 10 amide bonds. The number of nitrogens with one attached hydrogen (secondary N) is 9. The molecule has 15 N–H and O–H groups in total. The minimum Gasteiger partial charge on any atom is -0.370 e. The van der Waals surface area contributed by atoms with Crippen LogP contribution in [0.4, 0.5) is 17.1 Å². The van der Waals surface area contributed by atoms with Crippen LogP contribution in [0.15, 0.2) is 85.5 Å². The summed E-state index contributed by atoms with van der Waals surface area (Å²) in [7, 11) is 0. The predicted molar refractivity (Wildman–Crippen MR) is 361 cm³/mol. The number of nitro benzene ring substituents is 2. The third kappa shape index (κ3) is 23.5. The molecule has 3 aromatic carbocycles. The number of imidazole rings is 1. The van der Waals surface area contributed by atoms with Gasteiger partial charge in [-0.15, -0.1) is 23.2 Å². The van der Waals surface area contributed by atoms with E-state index in [9.17, 15) is 68.2 Å². The van der Waals surface area contributed by atoms with Crippen molar-refractivity contribution in [2.45, 2.75) is 128 Å². The normalized spacial score (nSPS) is 13.7. The van der Waals surface area contributed by atoms with Crippen LogP contribution in [0.25, 0.3) is 16.6 Å². The van der Waals surface area contributed by atoms with Crippen LogP contribution in [0.2, 0.25) is 0 Å². The molecule has 96 heavy (non-hydrogen) atoms. The third-order valence-corrected chi connectivity index (χ3v) is 16.2. The van der Waals surface area contributed by atoms with E-state index in [1.807, 2.05) is 17.0 Å². The van der Waals surface area contributed by atoms with Crippen molar-refractivity contribution >= 4 is 122 Å². The Kier molecular flexibility index (Phi) is 30.3. The molecular formula is C62H83Cl2N17O14S. The van der Waals surface area contributed by atoms with Crippen molar-refractivity contribution in [1.29, 1.82) is 0 Å². The van der Waals surface area contributed by atoms with E-state index in [4.69, 9.17) is 40.4 Å². The van der Waals surface area contributed by atoms with Crippen LogP contribution in [-0.2, 0) is 67.2 Å². The van der Waals surface area contributed by atoms with E-state index in [1.54, 1.807) is 76.5 Å². The van der Waals surface area contributed by atoms with Gasteiger partial charge < -0.3 is 69.6 Å². The number of nitro groups is 2. The van der Waals surface area contributed by atoms with Gasteiger partial charge in [-0.1, -0.05) is 58.0 Å². The van der Waals surface area contributed by atoms with Crippen molar-refractivity contribution < 1.29 is 57.8 Å². The van der Waals surface area contributed by atoms with E-state index in [0.29, 0.717) is 52.6 Å². The van der Waals surface area contributed by atoms with Crippen molar-refractivity contribution in [3.63, 3.8) is 0 Å². The number of amides is 10. The number of benzene rings is 3. The summed E-state index contributed by atoms with van der Waals surface area (Å²) in [5.41, 5.74) is 19.0. The first-order valence-electron chi connectivity index (χ1n) is 30.7. The van der Waals surface area contributed by atoms with Gasteiger partial charge in [0.05, 0.1) is 40.5 Å². The molecule has 34 heteroatoms. The number of nitrogens with zero attached hydrogens (tertiary/aromatic N) is 5. The molecule has 5 aromatic rings. The lowest BCUT2D eigenvalue weighted by Crippen LogP contribution is -2.59. The summed E-state index contributed by atoms with van der Waals surface area (Å²) in [6.07, 6.45) is 4.93. The van der Waals surface area contributed by atoms with Gasteiger partial charge in [-0.2, -0.15) is 11.8 Å². The molecule has 2 heterocycles. The van der Waals surface area contributed by atoms with E-state index >= 15 is 0 Å². The summed E-state index contributed by atoms with van der Waals surface area (Å²) in [5, 5.41) is 44.8. The van der Waals surface area contributed by atoms with Gasteiger partial charge in [0, 0.05) is 79.2 Å². The molecule has 0 spiro atoms. The van der Waals surface area contributed by atoms with Crippen molar-refractivity contribution in [3.8, 4) is 5.69 Å². The number of nitrogens with two attached hydrogens (primary N) is 3. The average molecular weight is 1390 g/mol.